The minimum Gasteiger partial charge on any atom is -0.435 e. The quantitative estimate of drug-likeness (QED) is 0.358. The summed E-state index contributed by atoms with van der Waals surface area (Å²) in [5.74, 6) is 1.08. The van der Waals surface area contributed by atoms with E-state index in [-0.39, 0.29) is 24.1 Å². The number of nitrogens with zero attached hydrogens (tertiary/aromatic N) is 3. The van der Waals surface area contributed by atoms with Crippen LogP contribution in [0.25, 0.3) is 0 Å². The Hall–Kier alpha value is -3.76. The number of benzene rings is 1. The minimum absolute atomic E-state index is 0.0262. The van der Waals surface area contributed by atoms with Crippen molar-refractivity contribution in [1.29, 1.82) is 0 Å². The van der Waals surface area contributed by atoms with Crippen LogP contribution in [0.3, 0.4) is 0 Å². The smallest absolute Gasteiger partial charge is 0.387 e. The first kappa shape index (κ1) is 25.5. The van der Waals surface area contributed by atoms with Crippen LogP contribution in [0.2, 0.25) is 0 Å². The van der Waals surface area contributed by atoms with Gasteiger partial charge in [0.25, 0.3) is 0 Å². The Morgan fingerprint density at radius 3 is 2.82 bits per heavy atom. The van der Waals surface area contributed by atoms with Crippen LogP contribution in [-0.2, 0) is 11.3 Å². The predicted octanol–water partition coefficient (Wildman–Crippen LogP) is 3.05. The molecule has 0 radical (unpaired) electrons. The van der Waals surface area contributed by atoms with Gasteiger partial charge in [0.2, 0.25) is 11.9 Å². The monoisotopic (exact) mass is 461 g/mol. The van der Waals surface area contributed by atoms with Gasteiger partial charge in [0.15, 0.2) is 0 Å². The number of carbonyl (C=O) groups is 1. The lowest BCUT2D eigenvalue weighted by molar-refractivity contribution is -0.119. The zero-order valence-electron chi connectivity index (χ0n) is 18.8. The molecule has 0 saturated carbocycles. The summed E-state index contributed by atoms with van der Waals surface area (Å²) in [4.78, 5) is 24.5. The molecule has 0 saturated heterocycles. The lowest BCUT2D eigenvalue weighted by Gasteiger charge is -2.12. The van der Waals surface area contributed by atoms with Crippen molar-refractivity contribution >= 4 is 23.9 Å². The summed E-state index contributed by atoms with van der Waals surface area (Å²) in [5, 5.41) is 8.87. The van der Waals surface area contributed by atoms with E-state index >= 15 is 0 Å². The van der Waals surface area contributed by atoms with Crippen LogP contribution >= 0.6 is 0 Å². The molecule has 2 aromatic rings. The van der Waals surface area contributed by atoms with Crippen LogP contribution in [0.5, 0.6) is 5.75 Å². The molecule has 2 rings (SSSR count). The number of aliphatic imine (C=N–C) groups is 1. The van der Waals surface area contributed by atoms with Crippen LogP contribution in [-0.4, -0.2) is 41.8 Å². The summed E-state index contributed by atoms with van der Waals surface area (Å²) in [5.41, 5.74) is 7.58. The second-order valence-corrected chi connectivity index (χ2v) is 7.52. The Labute approximate surface area is 191 Å². The molecular weight excluding hydrogens is 432 g/mol. The third kappa shape index (κ3) is 9.50. The number of aromatic nitrogens is 2. The number of aryl methyl sites for hydroxylation is 1. The molecule has 0 aliphatic rings. The van der Waals surface area contributed by atoms with Gasteiger partial charge < -0.3 is 26.4 Å². The van der Waals surface area contributed by atoms with Gasteiger partial charge in [0.05, 0.1) is 5.70 Å². The molecule has 0 atom stereocenters. The molecule has 0 aliphatic heterocycles. The van der Waals surface area contributed by atoms with E-state index in [1.165, 1.54) is 24.5 Å². The molecule has 9 nitrogen and oxygen atoms in total. The summed E-state index contributed by atoms with van der Waals surface area (Å²) in [7, 11) is 0. The van der Waals surface area contributed by atoms with Gasteiger partial charge in [-0.15, -0.1) is 0 Å². The lowest BCUT2D eigenvalue weighted by Crippen LogP contribution is -2.29. The van der Waals surface area contributed by atoms with Crippen molar-refractivity contribution in [2.45, 2.75) is 33.9 Å². The number of rotatable bonds is 12. The van der Waals surface area contributed by atoms with Crippen LogP contribution in [0, 0.1) is 12.8 Å². The van der Waals surface area contributed by atoms with Crippen LogP contribution in [0.4, 0.5) is 20.5 Å². The zero-order valence-corrected chi connectivity index (χ0v) is 18.8. The third-order valence-corrected chi connectivity index (χ3v) is 4.16. The van der Waals surface area contributed by atoms with Crippen molar-refractivity contribution in [3.05, 3.63) is 53.5 Å². The number of carbonyl (C=O) groups excluding carboxylic acids is 1. The normalized spacial score (nSPS) is 11.8. The van der Waals surface area contributed by atoms with E-state index in [4.69, 9.17) is 5.73 Å². The summed E-state index contributed by atoms with van der Waals surface area (Å²) in [6, 6.07) is 6.40. The molecule has 1 amide bonds. The number of allylic oxidation sites excluding steroid dienone is 1. The molecule has 0 bridgehead atoms. The van der Waals surface area contributed by atoms with Gasteiger partial charge in [-0.25, -0.2) is 4.98 Å². The summed E-state index contributed by atoms with van der Waals surface area (Å²) in [6.45, 7) is 3.86. The fraction of sp³-hybridized carbons (Fsp3) is 0.364. The Kier molecular flexibility index (Phi) is 10.00. The molecule has 0 fully saturated rings. The Bertz CT molecular complexity index is 981. The highest BCUT2D eigenvalue weighted by Gasteiger charge is 2.08. The van der Waals surface area contributed by atoms with E-state index in [0.717, 1.165) is 11.1 Å². The van der Waals surface area contributed by atoms with E-state index in [9.17, 15) is 13.6 Å². The fourth-order valence-corrected chi connectivity index (χ4v) is 2.55. The Balaban J connectivity index is 1.97. The molecule has 0 spiro atoms. The van der Waals surface area contributed by atoms with Crippen molar-refractivity contribution in [1.82, 2.24) is 15.3 Å². The van der Waals surface area contributed by atoms with Gasteiger partial charge in [-0.05, 0) is 30.5 Å². The maximum Gasteiger partial charge on any atom is 0.387 e. The van der Waals surface area contributed by atoms with Crippen molar-refractivity contribution < 1.29 is 18.3 Å². The highest BCUT2D eigenvalue weighted by atomic mass is 19.3. The molecule has 1 aromatic carbocycles. The topological polar surface area (TPSA) is 127 Å². The SMILES string of the molecule is Cc1cnc(NC(C=NCC(=O)NCC(C)C)=CN)nc1NCc1cccc(OC(F)F)c1. The molecule has 0 unspecified atom stereocenters. The zero-order chi connectivity index (χ0) is 24.2. The molecule has 178 valence electrons. The van der Waals surface area contributed by atoms with Crippen molar-refractivity contribution in [3.63, 3.8) is 0 Å². The number of amides is 1. The number of halogens is 2. The molecule has 5 N–H and O–H groups in total. The first-order chi connectivity index (χ1) is 15.8. The molecule has 0 aliphatic carbocycles. The molecule has 11 heteroatoms. The number of hydrogen-bond acceptors (Lipinski definition) is 8. The third-order valence-electron chi connectivity index (χ3n) is 4.16. The van der Waals surface area contributed by atoms with Crippen molar-refractivity contribution in [2.75, 3.05) is 23.7 Å². The number of anilines is 2. The number of nitrogens with two attached hydrogens (primary N) is 1. The number of alkyl halides is 2. The van der Waals surface area contributed by atoms with E-state index in [1.54, 1.807) is 18.3 Å². The molecular formula is C22H29F2N7O2. The lowest BCUT2D eigenvalue weighted by atomic mass is 10.2. The molecule has 33 heavy (non-hydrogen) atoms. The number of hydrogen-bond donors (Lipinski definition) is 4. The summed E-state index contributed by atoms with van der Waals surface area (Å²) >= 11 is 0. The van der Waals surface area contributed by atoms with E-state index in [0.29, 0.717) is 30.5 Å². The second-order valence-electron chi connectivity index (χ2n) is 7.52. The number of nitrogens with one attached hydrogen (secondary N) is 3. The van der Waals surface area contributed by atoms with Crippen LogP contribution in [0.15, 0.2) is 47.4 Å². The molecule has 1 heterocycles. The fourth-order valence-electron chi connectivity index (χ4n) is 2.55. The van der Waals surface area contributed by atoms with Crippen LogP contribution < -0.4 is 26.4 Å². The summed E-state index contributed by atoms with van der Waals surface area (Å²) < 4.78 is 29.2. The van der Waals surface area contributed by atoms with Crippen LogP contribution in [0.1, 0.15) is 25.0 Å². The van der Waals surface area contributed by atoms with Gasteiger partial charge in [-0.1, -0.05) is 26.0 Å². The standard InChI is InChI=1S/C22H29F2N7O2/c1-14(2)9-27-19(32)13-26-12-17(8-25)30-22-29-10-15(3)20(31-22)28-11-16-5-4-6-18(7-16)33-21(23)24/h4-8,10,12,14,21H,9,11,13,25H2,1-3H3,(H,27,32)(H2,28,29,30,31). The molecule has 1 aromatic heterocycles. The highest BCUT2D eigenvalue weighted by Crippen LogP contribution is 2.18. The Morgan fingerprint density at radius 1 is 1.33 bits per heavy atom. The van der Waals surface area contributed by atoms with Gasteiger partial charge in [0.1, 0.15) is 18.1 Å². The average Bonchev–Trinajstić information content (AvgIpc) is 2.77. The second kappa shape index (κ2) is 12.9. The minimum atomic E-state index is -2.88. The predicted molar refractivity (Wildman–Crippen MR) is 124 cm³/mol. The van der Waals surface area contributed by atoms with E-state index < -0.39 is 6.61 Å². The van der Waals surface area contributed by atoms with Gasteiger partial charge in [-0.3, -0.25) is 9.79 Å². The highest BCUT2D eigenvalue weighted by molar-refractivity contribution is 5.85. The van der Waals surface area contributed by atoms with Gasteiger partial charge >= 0.3 is 6.61 Å². The maximum absolute atomic E-state index is 12.4. The largest absolute Gasteiger partial charge is 0.435 e. The van der Waals surface area contributed by atoms with E-state index in [1.807, 2.05) is 20.8 Å². The van der Waals surface area contributed by atoms with Crippen molar-refractivity contribution in [3.8, 4) is 5.75 Å². The average molecular weight is 462 g/mol. The number of ether oxygens (including phenoxy) is 1. The van der Waals surface area contributed by atoms with Gasteiger partial charge in [0, 0.05) is 37.3 Å². The summed E-state index contributed by atoms with van der Waals surface area (Å²) in [6.07, 6.45) is 4.35. The van der Waals surface area contributed by atoms with Gasteiger partial charge in [-0.2, -0.15) is 13.8 Å². The first-order valence-electron chi connectivity index (χ1n) is 10.3. The first-order valence-corrected chi connectivity index (χ1v) is 10.3. The Morgan fingerprint density at radius 2 is 2.12 bits per heavy atom. The van der Waals surface area contributed by atoms with Crippen molar-refractivity contribution in [2.24, 2.45) is 16.6 Å². The van der Waals surface area contributed by atoms with E-state index in [2.05, 4.69) is 35.6 Å². The maximum atomic E-state index is 12.4.